The van der Waals surface area contributed by atoms with Crippen LogP contribution in [0.4, 0.5) is 4.79 Å². The molecule has 1 amide bonds. The molecule has 0 aliphatic rings. The lowest BCUT2D eigenvalue weighted by Gasteiger charge is -2.24. The van der Waals surface area contributed by atoms with Gasteiger partial charge in [0.1, 0.15) is 19.8 Å². The Kier molecular flexibility index (Phi) is 20.4. The molecule has 0 saturated carbocycles. The summed E-state index contributed by atoms with van der Waals surface area (Å²) in [6, 6.07) is 0. The Bertz CT molecular complexity index is 605. The fourth-order valence-electron chi connectivity index (χ4n) is 2.93. The Balaban J connectivity index is 3.49. The third-order valence-corrected chi connectivity index (χ3v) is 6.00. The molecule has 200 valence electrons. The average Bonchev–Trinajstić information content (AvgIpc) is 2.75. The van der Waals surface area contributed by atoms with Crippen LogP contribution in [0.25, 0.3) is 0 Å². The topological polar surface area (TPSA) is 94.1 Å². The molecule has 0 fully saturated rings. The zero-order chi connectivity index (χ0) is 25.5. The van der Waals surface area contributed by atoms with Gasteiger partial charge in [-0.25, -0.2) is 9.36 Å². The fourth-order valence-corrected chi connectivity index (χ4v) is 3.62. The number of amides is 1. The minimum absolute atomic E-state index is 0.103. The van der Waals surface area contributed by atoms with Crippen LogP contribution in [0.2, 0.25) is 0 Å². The zero-order valence-corrected chi connectivity index (χ0v) is 22.9. The molecular formula is C25H50N2O6P+. The maximum Gasteiger partial charge on any atom is 0.472 e. The van der Waals surface area contributed by atoms with E-state index in [1.54, 1.807) is 0 Å². The Hall–Kier alpha value is -1.18. The highest BCUT2D eigenvalue weighted by Crippen LogP contribution is 2.42. The third-order valence-electron chi connectivity index (χ3n) is 4.98. The van der Waals surface area contributed by atoms with Crippen LogP contribution in [0.5, 0.6) is 0 Å². The molecule has 0 bridgehead atoms. The summed E-state index contributed by atoms with van der Waals surface area (Å²) in [5, 5.41) is 2.68. The molecule has 2 N–H and O–H groups in total. The van der Waals surface area contributed by atoms with Crippen LogP contribution in [0, 0.1) is 0 Å². The molecule has 34 heavy (non-hydrogen) atoms. The molecule has 0 aromatic rings. The van der Waals surface area contributed by atoms with Gasteiger partial charge in [-0.3, -0.25) is 9.05 Å². The number of nitrogens with one attached hydrogen (secondary N) is 1. The second-order valence-corrected chi connectivity index (χ2v) is 10.9. The van der Waals surface area contributed by atoms with Crippen LogP contribution in [0.3, 0.4) is 0 Å². The van der Waals surface area contributed by atoms with Gasteiger partial charge in [0.2, 0.25) is 0 Å². The summed E-state index contributed by atoms with van der Waals surface area (Å²) in [4.78, 5) is 21.2. The Morgan fingerprint density at radius 1 is 0.853 bits per heavy atom. The molecule has 0 radical (unpaired) electrons. The lowest BCUT2D eigenvalue weighted by molar-refractivity contribution is -0.870. The molecule has 0 rings (SSSR count). The van der Waals surface area contributed by atoms with Gasteiger partial charge in [0, 0.05) is 6.54 Å². The summed E-state index contributed by atoms with van der Waals surface area (Å²) in [6.45, 7) is 3.14. The minimum Gasteiger partial charge on any atom is -0.447 e. The highest BCUT2D eigenvalue weighted by Gasteiger charge is 2.22. The molecule has 0 saturated heterocycles. The van der Waals surface area contributed by atoms with Gasteiger partial charge < -0.3 is 19.4 Å². The van der Waals surface area contributed by atoms with Gasteiger partial charge in [0.25, 0.3) is 0 Å². The van der Waals surface area contributed by atoms with Crippen LogP contribution in [-0.4, -0.2) is 69.5 Å². The van der Waals surface area contributed by atoms with Crippen molar-refractivity contribution in [2.75, 3.05) is 54.1 Å². The van der Waals surface area contributed by atoms with Gasteiger partial charge in [-0.2, -0.15) is 0 Å². The monoisotopic (exact) mass is 505 g/mol. The first-order valence-electron chi connectivity index (χ1n) is 12.8. The van der Waals surface area contributed by atoms with E-state index < -0.39 is 13.9 Å². The second kappa shape index (κ2) is 21.1. The van der Waals surface area contributed by atoms with Crippen molar-refractivity contribution in [3.05, 3.63) is 24.3 Å². The van der Waals surface area contributed by atoms with Gasteiger partial charge in [-0.1, -0.05) is 63.3 Å². The number of rotatable bonds is 22. The van der Waals surface area contributed by atoms with E-state index >= 15 is 0 Å². The predicted octanol–water partition coefficient (Wildman–Crippen LogP) is 5.98. The number of ether oxygens (including phenoxy) is 1. The van der Waals surface area contributed by atoms with Gasteiger partial charge in [0.05, 0.1) is 27.7 Å². The number of allylic oxidation sites excluding steroid dienone is 4. The summed E-state index contributed by atoms with van der Waals surface area (Å²) in [5.41, 5.74) is 0. The first kappa shape index (κ1) is 32.8. The van der Waals surface area contributed by atoms with Crippen LogP contribution < -0.4 is 5.32 Å². The molecule has 0 spiro atoms. The van der Waals surface area contributed by atoms with E-state index in [1.807, 2.05) is 21.1 Å². The summed E-state index contributed by atoms with van der Waals surface area (Å²) >= 11 is 0. The van der Waals surface area contributed by atoms with E-state index in [1.165, 1.54) is 38.5 Å². The standard InChI is InChI=1S/C25H49N2O6P/c1-5-6-7-8-9-10-11-12-13-14-15-16-17-18-19-20-26-25(28)31-23-24-33-34(29,30)32-22-21-27(2,3)4/h9-10,12-13H,5-8,11,14-24H2,1-4H3,(H-,26,28,29,30)/p+1. The van der Waals surface area contributed by atoms with E-state index in [0.717, 1.165) is 32.1 Å². The SMILES string of the molecule is CCCCCC=CCC=CCCCCCCCNC(=O)OCCOP(=O)(O)OCC[N+](C)(C)C. The lowest BCUT2D eigenvalue weighted by atomic mass is 10.1. The number of carbonyl (C=O) groups is 1. The first-order chi connectivity index (χ1) is 16.2. The molecule has 0 aromatic heterocycles. The Morgan fingerprint density at radius 2 is 1.44 bits per heavy atom. The van der Waals surface area contributed by atoms with Crippen molar-refractivity contribution in [1.29, 1.82) is 0 Å². The largest absolute Gasteiger partial charge is 0.472 e. The number of carbonyl (C=O) groups excluding carboxylic acids is 1. The maximum atomic E-state index is 11.7. The van der Waals surface area contributed by atoms with Crippen molar-refractivity contribution in [2.24, 2.45) is 0 Å². The summed E-state index contributed by atoms with van der Waals surface area (Å²) in [7, 11) is 1.74. The van der Waals surface area contributed by atoms with Crippen molar-refractivity contribution < 1.29 is 32.5 Å². The summed E-state index contributed by atoms with van der Waals surface area (Å²) < 4.78 is 27.0. The molecule has 1 atom stereocenters. The summed E-state index contributed by atoms with van der Waals surface area (Å²) in [6.07, 6.45) is 21.2. The molecule has 8 nitrogen and oxygen atoms in total. The predicted molar refractivity (Wildman–Crippen MR) is 139 cm³/mol. The number of likely N-dealkylation sites (N-methyl/N-ethyl adjacent to an activating group) is 1. The maximum absolute atomic E-state index is 11.7. The highest BCUT2D eigenvalue weighted by molar-refractivity contribution is 7.47. The van der Waals surface area contributed by atoms with E-state index in [4.69, 9.17) is 13.8 Å². The van der Waals surface area contributed by atoms with E-state index in [9.17, 15) is 14.3 Å². The van der Waals surface area contributed by atoms with Crippen molar-refractivity contribution in [3.8, 4) is 0 Å². The molecule has 9 heteroatoms. The third kappa shape index (κ3) is 25.4. The molecular weight excluding hydrogens is 455 g/mol. The molecule has 0 aromatic carbocycles. The van der Waals surface area contributed by atoms with Crippen molar-refractivity contribution in [1.82, 2.24) is 5.32 Å². The van der Waals surface area contributed by atoms with Crippen LogP contribution in [-0.2, 0) is 18.3 Å². The van der Waals surface area contributed by atoms with E-state index in [-0.39, 0.29) is 19.8 Å². The minimum atomic E-state index is -4.12. The van der Waals surface area contributed by atoms with Crippen molar-refractivity contribution in [2.45, 2.75) is 77.6 Å². The fraction of sp³-hybridized carbons (Fsp3) is 0.800. The second-order valence-electron chi connectivity index (χ2n) is 9.44. The van der Waals surface area contributed by atoms with Crippen LogP contribution in [0.1, 0.15) is 77.6 Å². The molecule has 0 aliphatic carbocycles. The van der Waals surface area contributed by atoms with Gasteiger partial charge in [-0.05, 0) is 38.5 Å². The van der Waals surface area contributed by atoms with E-state index in [2.05, 4.69) is 36.5 Å². The number of hydrogen-bond donors (Lipinski definition) is 2. The van der Waals surface area contributed by atoms with Gasteiger partial charge in [-0.15, -0.1) is 0 Å². The summed E-state index contributed by atoms with van der Waals surface area (Å²) in [5.74, 6) is 0. The Morgan fingerprint density at radius 3 is 2.09 bits per heavy atom. The van der Waals surface area contributed by atoms with Gasteiger partial charge in [0.15, 0.2) is 0 Å². The van der Waals surface area contributed by atoms with Crippen LogP contribution >= 0.6 is 7.82 Å². The number of hydrogen-bond acceptors (Lipinski definition) is 5. The lowest BCUT2D eigenvalue weighted by Crippen LogP contribution is -2.37. The number of nitrogens with zero attached hydrogens (tertiary/aromatic N) is 1. The highest BCUT2D eigenvalue weighted by atomic mass is 31.2. The number of phosphoric acid groups is 1. The Labute approximate surface area is 207 Å². The molecule has 0 aliphatic heterocycles. The normalized spacial score (nSPS) is 14.0. The molecule has 0 heterocycles. The average molecular weight is 506 g/mol. The first-order valence-corrected chi connectivity index (χ1v) is 14.3. The smallest absolute Gasteiger partial charge is 0.447 e. The number of unbranched alkanes of at least 4 members (excludes halogenated alkanes) is 8. The van der Waals surface area contributed by atoms with E-state index in [0.29, 0.717) is 17.6 Å². The number of phosphoric ester groups is 1. The molecule has 1 unspecified atom stereocenters. The van der Waals surface area contributed by atoms with Crippen molar-refractivity contribution in [3.63, 3.8) is 0 Å². The quantitative estimate of drug-likeness (QED) is 0.0814. The number of alkyl carbamates (subject to hydrolysis) is 1. The zero-order valence-electron chi connectivity index (χ0n) is 22.0. The van der Waals surface area contributed by atoms with Gasteiger partial charge >= 0.3 is 13.9 Å². The van der Waals surface area contributed by atoms with Crippen LogP contribution in [0.15, 0.2) is 24.3 Å². The van der Waals surface area contributed by atoms with Crippen molar-refractivity contribution >= 4 is 13.9 Å². The number of quaternary nitrogens is 1.